The quantitative estimate of drug-likeness (QED) is 0.687. The Balaban J connectivity index is 1.94. The molecule has 94 valence electrons. The van der Waals surface area contributed by atoms with Gasteiger partial charge in [0.25, 0.3) is 0 Å². The minimum Gasteiger partial charge on any atom is -0.232 e. The predicted octanol–water partition coefficient (Wildman–Crippen LogP) is 3.57. The summed E-state index contributed by atoms with van der Waals surface area (Å²) in [6.07, 6.45) is 2.16. The number of aromatic nitrogens is 3. The monoisotopic (exact) mass is 313 g/mol. The van der Waals surface area contributed by atoms with Crippen LogP contribution in [0.3, 0.4) is 0 Å². The number of benzene rings is 1. The Kier molecular flexibility index (Phi) is 2.45. The zero-order chi connectivity index (χ0) is 12.8. The van der Waals surface area contributed by atoms with Gasteiger partial charge in [-0.15, -0.1) is 0 Å². The maximum absolute atomic E-state index is 4.69. The van der Waals surface area contributed by atoms with Gasteiger partial charge in [0, 0.05) is 5.92 Å². The summed E-state index contributed by atoms with van der Waals surface area (Å²) in [6, 6.07) is 14.6. The molecular weight excluding hydrogens is 302 g/mol. The van der Waals surface area contributed by atoms with Gasteiger partial charge in [-0.3, -0.25) is 0 Å². The molecule has 1 aliphatic carbocycles. The minimum atomic E-state index is 0.410. The summed E-state index contributed by atoms with van der Waals surface area (Å²) >= 11 is 3.44. The van der Waals surface area contributed by atoms with E-state index in [9.17, 15) is 0 Å². The van der Waals surface area contributed by atoms with Crippen molar-refractivity contribution < 1.29 is 0 Å². The van der Waals surface area contributed by atoms with E-state index in [1.807, 2.05) is 16.6 Å². The number of hydrogen-bond donors (Lipinski definition) is 0. The standard InChI is InChI=1S/C15H12BrN3/c16-13-8-9-14-17-12-7-6-11(15(12)19(14)18-13)10-4-2-1-3-5-10/h1-5,8-9,11H,6-7H2. The number of imidazole rings is 1. The van der Waals surface area contributed by atoms with Crippen LogP contribution >= 0.6 is 15.9 Å². The molecule has 0 aliphatic heterocycles. The molecule has 19 heavy (non-hydrogen) atoms. The van der Waals surface area contributed by atoms with Crippen molar-refractivity contribution in [1.82, 2.24) is 14.6 Å². The normalized spacial score (nSPS) is 17.8. The molecule has 1 aliphatic rings. The Bertz CT molecular complexity index is 749. The molecule has 1 aromatic carbocycles. The lowest BCUT2D eigenvalue weighted by Gasteiger charge is -2.11. The van der Waals surface area contributed by atoms with Gasteiger partial charge in [0.15, 0.2) is 5.65 Å². The van der Waals surface area contributed by atoms with E-state index in [-0.39, 0.29) is 0 Å². The maximum atomic E-state index is 4.69. The van der Waals surface area contributed by atoms with E-state index in [1.54, 1.807) is 0 Å². The summed E-state index contributed by atoms with van der Waals surface area (Å²) in [5, 5.41) is 4.55. The molecule has 0 amide bonds. The van der Waals surface area contributed by atoms with E-state index < -0.39 is 0 Å². The van der Waals surface area contributed by atoms with Gasteiger partial charge in [0.05, 0.1) is 11.4 Å². The molecule has 2 aromatic heterocycles. The van der Waals surface area contributed by atoms with Gasteiger partial charge in [-0.05, 0) is 46.5 Å². The Morgan fingerprint density at radius 3 is 2.79 bits per heavy atom. The Hall–Kier alpha value is -1.68. The summed E-state index contributed by atoms with van der Waals surface area (Å²) in [7, 11) is 0. The van der Waals surface area contributed by atoms with E-state index in [4.69, 9.17) is 0 Å². The first kappa shape index (κ1) is 11.2. The van der Waals surface area contributed by atoms with Crippen molar-refractivity contribution in [3.63, 3.8) is 0 Å². The molecule has 4 heteroatoms. The molecule has 0 N–H and O–H groups in total. The van der Waals surface area contributed by atoms with Crippen LogP contribution < -0.4 is 0 Å². The van der Waals surface area contributed by atoms with E-state index in [1.165, 1.54) is 17.0 Å². The Labute approximate surface area is 119 Å². The molecule has 0 spiro atoms. The lowest BCUT2D eigenvalue weighted by atomic mass is 9.97. The molecule has 1 unspecified atom stereocenters. The van der Waals surface area contributed by atoms with Gasteiger partial charge in [0.2, 0.25) is 0 Å². The average molecular weight is 314 g/mol. The fourth-order valence-corrected chi connectivity index (χ4v) is 3.22. The SMILES string of the molecule is Brc1ccc2nc3c(n2n1)C(c1ccccc1)CC3. The highest BCUT2D eigenvalue weighted by molar-refractivity contribution is 9.10. The van der Waals surface area contributed by atoms with Crippen LogP contribution in [0.2, 0.25) is 0 Å². The lowest BCUT2D eigenvalue weighted by molar-refractivity contribution is 0.727. The zero-order valence-electron chi connectivity index (χ0n) is 10.3. The van der Waals surface area contributed by atoms with Gasteiger partial charge in [-0.2, -0.15) is 5.10 Å². The molecule has 0 saturated heterocycles. The highest BCUT2D eigenvalue weighted by Crippen LogP contribution is 2.37. The van der Waals surface area contributed by atoms with Gasteiger partial charge in [-0.25, -0.2) is 9.50 Å². The smallest absolute Gasteiger partial charge is 0.154 e. The van der Waals surface area contributed by atoms with Gasteiger partial charge in [-0.1, -0.05) is 30.3 Å². The van der Waals surface area contributed by atoms with E-state index in [2.05, 4.69) is 56.3 Å². The summed E-state index contributed by atoms with van der Waals surface area (Å²) in [5.41, 5.74) is 4.74. The minimum absolute atomic E-state index is 0.410. The van der Waals surface area contributed by atoms with E-state index in [0.29, 0.717) is 5.92 Å². The maximum Gasteiger partial charge on any atom is 0.154 e. The number of nitrogens with zero attached hydrogens (tertiary/aromatic N) is 3. The van der Waals surface area contributed by atoms with Crippen molar-refractivity contribution in [1.29, 1.82) is 0 Å². The molecule has 0 saturated carbocycles. The van der Waals surface area contributed by atoms with Crippen LogP contribution in [-0.4, -0.2) is 14.6 Å². The fraction of sp³-hybridized carbons (Fsp3) is 0.200. The second-order valence-electron chi connectivity index (χ2n) is 4.87. The molecule has 0 bridgehead atoms. The van der Waals surface area contributed by atoms with Crippen LogP contribution in [-0.2, 0) is 6.42 Å². The van der Waals surface area contributed by atoms with Crippen molar-refractivity contribution >= 4 is 21.6 Å². The summed E-state index contributed by atoms with van der Waals surface area (Å²) in [5.74, 6) is 0.410. The molecule has 1 atom stereocenters. The molecule has 4 rings (SSSR count). The molecule has 0 radical (unpaired) electrons. The van der Waals surface area contributed by atoms with Crippen molar-refractivity contribution in [3.8, 4) is 0 Å². The predicted molar refractivity (Wildman–Crippen MR) is 77.3 cm³/mol. The summed E-state index contributed by atoms with van der Waals surface area (Å²) in [4.78, 5) is 4.69. The molecule has 2 heterocycles. The van der Waals surface area contributed by atoms with E-state index in [0.717, 1.165) is 23.1 Å². The number of halogens is 1. The molecule has 3 aromatic rings. The topological polar surface area (TPSA) is 30.2 Å². The molecule has 0 fully saturated rings. The van der Waals surface area contributed by atoms with Gasteiger partial charge < -0.3 is 0 Å². The average Bonchev–Trinajstić information content (AvgIpc) is 2.99. The first-order valence-electron chi connectivity index (χ1n) is 6.42. The van der Waals surface area contributed by atoms with Gasteiger partial charge >= 0.3 is 0 Å². The Morgan fingerprint density at radius 1 is 1.11 bits per heavy atom. The lowest BCUT2D eigenvalue weighted by Crippen LogP contribution is -2.03. The van der Waals surface area contributed by atoms with Crippen LogP contribution in [0.15, 0.2) is 47.1 Å². The van der Waals surface area contributed by atoms with E-state index >= 15 is 0 Å². The van der Waals surface area contributed by atoms with Crippen molar-refractivity contribution in [2.24, 2.45) is 0 Å². The zero-order valence-corrected chi connectivity index (χ0v) is 11.8. The third-order valence-electron chi connectivity index (χ3n) is 3.76. The Morgan fingerprint density at radius 2 is 1.95 bits per heavy atom. The van der Waals surface area contributed by atoms with Crippen LogP contribution in [0.25, 0.3) is 5.65 Å². The summed E-state index contributed by atoms with van der Waals surface area (Å²) < 4.78 is 2.84. The van der Waals surface area contributed by atoms with Crippen LogP contribution in [0.1, 0.15) is 29.3 Å². The number of rotatable bonds is 1. The first-order valence-corrected chi connectivity index (χ1v) is 7.21. The van der Waals surface area contributed by atoms with Crippen molar-refractivity contribution in [3.05, 3.63) is 64.0 Å². The van der Waals surface area contributed by atoms with Crippen LogP contribution in [0.4, 0.5) is 0 Å². The van der Waals surface area contributed by atoms with Crippen molar-refractivity contribution in [2.45, 2.75) is 18.8 Å². The largest absolute Gasteiger partial charge is 0.232 e. The third-order valence-corrected chi connectivity index (χ3v) is 4.18. The second kappa shape index (κ2) is 4.17. The number of hydrogen-bond acceptors (Lipinski definition) is 2. The second-order valence-corrected chi connectivity index (χ2v) is 5.68. The van der Waals surface area contributed by atoms with Crippen LogP contribution in [0, 0.1) is 0 Å². The number of aryl methyl sites for hydroxylation is 1. The van der Waals surface area contributed by atoms with Gasteiger partial charge in [0.1, 0.15) is 4.60 Å². The highest BCUT2D eigenvalue weighted by atomic mass is 79.9. The van der Waals surface area contributed by atoms with Crippen LogP contribution in [0.5, 0.6) is 0 Å². The fourth-order valence-electron chi connectivity index (χ4n) is 2.93. The first-order chi connectivity index (χ1) is 9.33. The van der Waals surface area contributed by atoms with Crippen molar-refractivity contribution in [2.75, 3.05) is 0 Å². The number of fused-ring (bicyclic) bond motifs is 3. The summed E-state index contributed by atoms with van der Waals surface area (Å²) in [6.45, 7) is 0. The molecular formula is C15H12BrN3. The third kappa shape index (κ3) is 1.70. The molecule has 3 nitrogen and oxygen atoms in total. The highest BCUT2D eigenvalue weighted by Gasteiger charge is 2.29.